The average molecular weight is 204 g/mol. The highest BCUT2D eigenvalue weighted by Gasteiger charge is 2.12. The minimum atomic E-state index is -0.428. The van der Waals surface area contributed by atoms with Crippen molar-refractivity contribution >= 4 is 17.1 Å². The number of aromatic nitrogens is 2. The van der Waals surface area contributed by atoms with Gasteiger partial charge in [0, 0.05) is 12.3 Å². The zero-order valence-electron chi connectivity index (χ0n) is 7.68. The van der Waals surface area contributed by atoms with Crippen molar-refractivity contribution in [3.05, 3.63) is 46.8 Å². The van der Waals surface area contributed by atoms with E-state index in [-0.39, 0.29) is 5.69 Å². The van der Waals surface area contributed by atoms with Gasteiger partial charge in [-0.05, 0) is 6.07 Å². The molecule has 0 unspecified atom stereocenters. The van der Waals surface area contributed by atoms with Crippen LogP contribution in [0.2, 0.25) is 0 Å². The van der Waals surface area contributed by atoms with E-state index in [9.17, 15) is 10.1 Å². The largest absolute Gasteiger partial charge is 0.347 e. The number of aromatic amines is 1. The molecular formula is C9H8N4O2. The third kappa shape index (κ3) is 1.93. The van der Waals surface area contributed by atoms with Crippen LogP contribution in [0.4, 0.5) is 17.1 Å². The van der Waals surface area contributed by atoms with E-state index in [2.05, 4.69) is 15.5 Å². The Morgan fingerprint density at radius 2 is 2.20 bits per heavy atom. The first-order valence-corrected chi connectivity index (χ1v) is 4.26. The van der Waals surface area contributed by atoms with Crippen LogP contribution in [0.3, 0.4) is 0 Å². The van der Waals surface area contributed by atoms with E-state index in [1.54, 1.807) is 30.6 Å². The van der Waals surface area contributed by atoms with Gasteiger partial charge in [0.2, 0.25) is 0 Å². The lowest BCUT2D eigenvalue weighted by Gasteiger charge is -2.03. The monoisotopic (exact) mass is 204 g/mol. The smallest absolute Gasteiger partial charge is 0.292 e. The zero-order valence-corrected chi connectivity index (χ0v) is 7.68. The van der Waals surface area contributed by atoms with Crippen molar-refractivity contribution in [3.8, 4) is 0 Å². The van der Waals surface area contributed by atoms with Gasteiger partial charge in [-0.1, -0.05) is 12.1 Å². The molecule has 0 bridgehead atoms. The number of hydrogen-bond donors (Lipinski definition) is 2. The third-order valence-electron chi connectivity index (χ3n) is 1.88. The lowest BCUT2D eigenvalue weighted by atomic mass is 10.2. The molecule has 1 aromatic carbocycles. The molecule has 0 spiro atoms. The number of nitro benzene ring substituents is 1. The number of H-pyrrole nitrogens is 1. The molecule has 0 aliphatic carbocycles. The number of para-hydroxylation sites is 2. The standard InChI is InChI=1S/C9H8N4O2/c14-13(15)9-4-2-1-3-8(9)12-7-5-10-11-6-7/h1-6,12H,(H,10,11). The van der Waals surface area contributed by atoms with Crippen LogP contribution in [0.15, 0.2) is 36.7 Å². The van der Waals surface area contributed by atoms with Crippen molar-refractivity contribution in [1.82, 2.24) is 10.2 Å². The number of hydrogen-bond acceptors (Lipinski definition) is 4. The maximum atomic E-state index is 10.7. The molecule has 6 heteroatoms. The molecule has 2 aromatic rings. The number of nitro groups is 1. The average Bonchev–Trinajstić information content (AvgIpc) is 2.71. The maximum Gasteiger partial charge on any atom is 0.292 e. The molecule has 2 rings (SSSR count). The van der Waals surface area contributed by atoms with Gasteiger partial charge in [0.1, 0.15) is 5.69 Å². The summed E-state index contributed by atoms with van der Waals surface area (Å²) in [5.74, 6) is 0. The van der Waals surface area contributed by atoms with Crippen LogP contribution in [0.5, 0.6) is 0 Å². The SMILES string of the molecule is O=[N+]([O-])c1ccccc1Nc1cn[nH]c1. The van der Waals surface area contributed by atoms with Crippen LogP contribution in [0.25, 0.3) is 0 Å². The number of nitrogens with zero attached hydrogens (tertiary/aromatic N) is 2. The summed E-state index contributed by atoms with van der Waals surface area (Å²) >= 11 is 0. The van der Waals surface area contributed by atoms with Crippen molar-refractivity contribution in [2.45, 2.75) is 0 Å². The molecule has 15 heavy (non-hydrogen) atoms. The van der Waals surface area contributed by atoms with Gasteiger partial charge in [0.15, 0.2) is 0 Å². The summed E-state index contributed by atoms with van der Waals surface area (Å²) in [6.07, 6.45) is 3.17. The first-order chi connectivity index (χ1) is 7.27. The predicted octanol–water partition coefficient (Wildman–Crippen LogP) is 2.06. The molecule has 0 aliphatic rings. The van der Waals surface area contributed by atoms with E-state index >= 15 is 0 Å². The molecule has 0 saturated heterocycles. The van der Waals surface area contributed by atoms with Gasteiger partial charge in [-0.15, -0.1) is 0 Å². The van der Waals surface area contributed by atoms with Gasteiger partial charge in [-0.3, -0.25) is 15.2 Å². The van der Waals surface area contributed by atoms with Crippen LogP contribution in [-0.2, 0) is 0 Å². The highest BCUT2D eigenvalue weighted by atomic mass is 16.6. The summed E-state index contributed by atoms with van der Waals surface area (Å²) in [6, 6.07) is 6.45. The lowest BCUT2D eigenvalue weighted by Crippen LogP contribution is -1.95. The Hall–Kier alpha value is -2.37. The second-order valence-electron chi connectivity index (χ2n) is 2.89. The number of anilines is 2. The van der Waals surface area contributed by atoms with Crippen molar-refractivity contribution in [1.29, 1.82) is 0 Å². The van der Waals surface area contributed by atoms with Gasteiger partial charge >= 0.3 is 0 Å². The Morgan fingerprint density at radius 3 is 2.87 bits per heavy atom. The van der Waals surface area contributed by atoms with Crippen molar-refractivity contribution in [3.63, 3.8) is 0 Å². The maximum absolute atomic E-state index is 10.7. The van der Waals surface area contributed by atoms with Crippen LogP contribution in [-0.4, -0.2) is 15.1 Å². The fourth-order valence-electron chi connectivity index (χ4n) is 1.21. The summed E-state index contributed by atoms with van der Waals surface area (Å²) < 4.78 is 0. The minimum absolute atomic E-state index is 0.0405. The molecule has 2 N–H and O–H groups in total. The van der Waals surface area contributed by atoms with Crippen molar-refractivity contribution < 1.29 is 4.92 Å². The molecule has 0 atom stereocenters. The van der Waals surface area contributed by atoms with Crippen LogP contribution < -0.4 is 5.32 Å². The minimum Gasteiger partial charge on any atom is -0.347 e. The molecule has 6 nitrogen and oxygen atoms in total. The fourth-order valence-corrected chi connectivity index (χ4v) is 1.21. The molecule has 0 radical (unpaired) electrons. The predicted molar refractivity (Wildman–Crippen MR) is 55.0 cm³/mol. The summed E-state index contributed by atoms with van der Waals surface area (Å²) in [4.78, 5) is 10.3. The Morgan fingerprint density at radius 1 is 1.40 bits per heavy atom. The first-order valence-electron chi connectivity index (χ1n) is 4.26. The molecule has 1 aromatic heterocycles. The zero-order chi connectivity index (χ0) is 10.7. The molecule has 0 amide bonds. The summed E-state index contributed by atoms with van der Waals surface area (Å²) in [5, 5.41) is 19.9. The Labute approximate surface area is 85.1 Å². The lowest BCUT2D eigenvalue weighted by molar-refractivity contribution is -0.383. The summed E-state index contributed by atoms with van der Waals surface area (Å²) in [7, 11) is 0. The van der Waals surface area contributed by atoms with Gasteiger partial charge < -0.3 is 5.32 Å². The van der Waals surface area contributed by atoms with Crippen molar-refractivity contribution in [2.75, 3.05) is 5.32 Å². The third-order valence-corrected chi connectivity index (χ3v) is 1.88. The van der Waals surface area contributed by atoms with E-state index in [1.807, 2.05) is 0 Å². The topological polar surface area (TPSA) is 83.8 Å². The Balaban J connectivity index is 2.32. The molecule has 1 heterocycles. The van der Waals surface area contributed by atoms with E-state index < -0.39 is 4.92 Å². The second-order valence-corrected chi connectivity index (χ2v) is 2.89. The van der Waals surface area contributed by atoms with E-state index in [1.165, 1.54) is 6.07 Å². The van der Waals surface area contributed by atoms with Crippen LogP contribution in [0.1, 0.15) is 0 Å². The van der Waals surface area contributed by atoms with Gasteiger partial charge in [0.05, 0.1) is 16.8 Å². The van der Waals surface area contributed by atoms with Gasteiger partial charge in [0.25, 0.3) is 5.69 Å². The van der Waals surface area contributed by atoms with Gasteiger partial charge in [-0.25, -0.2) is 0 Å². The molecule has 76 valence electrons. The summed E-state index contributed by atoms with van der Waals surface area (Å²) in [5.41, 5.74) is 1.17. The first kappa shape index (κ1) is 9.20. The number of nitrogens with one attached hydrogen (secondary N) is 2. The molecule has 0 aliphatic heterocycles. The normalized spacial score (nSPS) is 9.87. The van der Waals surface area contributed by atoms with E-state index in [0.29, 0.717) is 11.4 Å². The number of benzene rings is 1. The quantitative estimate of drug-likeness (QED) is 0.592. The van der Waals surface area contributed by atoms with Crippen LogP contribution in [0, 0.1) is 10.1 Å². The molecule has 0 saturated carbocycles. The second kappa shape index (κ2) is 3.79. The van der Waals surface area contributed by atoms with Crippen molar-refractivity contribution in [2.24, 2.45) is 0 Å². The molecule has 0 fully saturated rings. The number of rotatable bonds is 3. The fraction of sp³-hybridized carbons (Fsp3) is 0. The summed E-state index contributed by atoms with van der Waals surface area (Å²) in [6.45, 7) is 0. The highest BCUT2D eigenvalue weighted by Crippen LogP contribution is 2.26. The van der Waals surface area contributed by atoms with Gasteiger partial charge in [-0.2, -0.15) is 5.10 Å². The van der Waals surface area contributed by atoms with E-state index in [4.69, 9.17) is 0 Å². The molecular weight excluding hydrogens is 196 g/mol. The Bertz CT molecular complexity index is 467. The van der Waals surface area contributed by atoms with Crippen LogP contribution >= 0.6 is 0 Å². The highest BCUT2D eigenvalue weighted by molar-refractivity contribution is 5.68. The van der Waals surface area contributed by atoms with E-state index in [0.717, 1.165) is 0 Å². The Kier molecular flexibility index (Phi) is 2.32.